The summed E-state index contributed by atoms with van der Waals surface area (Å²) in [5.74, 6) is 0.513. The van der Waals surface area contributed by atoms with Gasteiger partial charge in [-0.15, -0.1) is 0 Å². The fourth-order valence-electron chi connectivity index (χ4n) is 1.92. The minimum absolute atomic E-state index is 0.0965. The number of aromatic nitrogens is 3. The van der Waals surface area contributed by atoms with Crippen LogP contribution >= 0.6 is 15.9 Å². The minimum Gasteiger partial charge on any atom is -0.368 e. The highest BCUT2D eigenvalue weighted by molar-refractivity contribution is 9.10. The third-order valence-electron chi connectivity index (χ3n) is 2.81. The number of benzene rings is 2. The van der Waals surface area contributed by atoms with Crippen LogP contribution in [0.1, 0.15) is 0 Å². The van der Waals surface area contributed by atoms with Gasteiger partial charge in [0, 0.05) is 15.6 Å². The van der Waals surface area contributed by atoms with Crippen LogP contribution in [0.15, 0.2) is 53.0 Å². The summed E-state index contributed by atoms with van der Waals surface area (Å²) < 4.78 is 14.1. The van der Waals surface area contributed by atoms with Crippen molar-refractivity contribution in [2.75, 3.05) is 5.73 Å². The van der Waals surface area contributed by atoms with Crippen LogP contribution in [0.2, 0.25) is 0 Å². The molecule has 104 valence electrons. The summed E-state index contributed by atoms with van der Waals surface area (Å²) >= 11 is 3.25. The highest BCUT2D eigenvalue weighted by Crippen LogP contribution is 2.24. The molecule has 0 saturated heterocycles. The first kappa shape index (κ1) is 13.6. The van der Waals surface area contributed by atoms with Gasteiger partial charge in [0.15, 0.2) is 11.6 Å². The monoisotopic (exact) mass is 344 g/mol. The van der Waals surface area contributed by atoms with Crippen LogP contribution in [0.25, 0.3) is 22.8 Å². The fourth-order valence-corrected chi connectivity index (χ4v) is 2.39. The van der Waals surface area contributed by atoms with Crippen molar-refractivity contribution in [3.8, 4) is 22.8 Å². The Morgan fingerprint density at radius 1 is 0.857 bits per heavy atom. The van der Waals surface area contributed by atoms with Gasteiger partial charge in [-0.1, -0.05) is 46.3 Å². The van der Waals surface area contributed by atoms with E-state index in [1.807, 2.05) is 30.3 Å². The van der Waals surface area contributed by atoms with Gasteiger partial charge in [0.1, 0.15) is 5.82 Å². The van der Waals surface area contributed by atoms with E-state index in [4.69, 9.17) is 5.73 Å². The molecule has 0 aliphatic carbocycles. The van der Waals surface area contributed by atoms with Crippen molar-refractivity contribution < 1.29 is 4.39 Å². The van der Waals surface area contributed by atoms with Crippen molar-refractivity contribution in [2.45, 2.75) is 0 Å². The van der Waals surface area contributed by atoms with Gasteiger partial charge in [-0.3, -0.25) is 0 Å². The van der Waals surface area contributed by atoms with Crippen molar-refractivity contribution in [3.05, 3.63) is 58.8 Å². The molecule has 0 amide bonds. The van der Waals surface area contributed by atoms with E-state index in [0.29, 0.717) is 21.7 Å². The van der Waals surface area contributed by atoms with E-state index in [-0.39, 0.29) is 11.8 Å². The van der Waals surface area contributed by atoms with Crippen LogP contribution in [0.3, 0.4) is 0 Å². The van der Waals surface area contributed by atoms with Gasteiger partial charge in [0.2, 0.25) is 5.95 Å². The lowest BCUT2D eigenvalue weighted by molar-refractivity contribution is 0.627. The van der Waals surface area contributed by atoms with E-state index in [9.17, 15) is 4.39 Å². The summed E-state index contributed by atoms with van der Waals surface area (Å²) in [6.07, 6.45) is 0. The minimum atomic E-state index is -0.375. The Kier molecular flexibility index (Phi) is 3.62. The molecule has 0 saturated carbocycles. The lowest BCUT2D eigenvalue weighted by Crippen LogP contribution is -2.02. The topological polar surface area (TPSA) is 64.7 Å². The molecule has 0 atom stereocenters. The molecule has 4 nitrogen and oxygen atoms in total. The molecular weight excluding hydrogens is 335 g/mol. The number of nitrogens with zero attached hydrogens (tertiary/aromatic N) is 3. The van der Waals surface area contributed by atoms with Gasteiger partial charge in [-0.05, 0) is 18.2 Å². The van der Waals surface area contributed by atoms with Crippen LogP contribution in [0.4, 0.5) is 10.3 Å². The Morgan fingerprint density at radius 2 is 1.52 bits per heavy atom. The number of nitrogens with two attached hydrogens (primary N) is 1. The maximum Gasteiger partial charge on any atom is 0.224 e. The van der Waals surface area contributed by atoms with Crippen molar-refractivity contribution in [1.29, 1.82) is 0 Å². The lowest BCUT2D eigenvalue weighted by atomic mass is 10.2. The zero-order valence-electron chi connectivity index (χ0n) is 10.8. The van der Waals surface area contributed by atoms with Crippen LogP contribution in [-0.4, -0.2) is 15.0 Å². The molecule has 21 heavy (non-hydrogen) atoms. The number of nitrogen functional groups attached to an aromatic ring is 1. The fraction of sp³-hybridized carbons (Fsp3) is 0. The molecule has 2 aromatic carbocycles. The number of halogens is 2. The van der Waals surface area contributed by atoms with E-state index < -0.39 is 0 Å². The van der Waals surface area contributed by atoms with Crippen molar-refractivity contribution in [2.24, 2.45) is 0 Å². The van der Waals surface area contributed by atoms with E-state index in [1.165, 1.54) is 12.1 Å². The van der Waals surface area contributed by atoms with Gasteiger partial charge in [-0.2, -0.15) is 9.97 Å². The summed E-state index contributed by atoms with van der Waals surface area (Å²) in [6, 6.07) is 13.9. The molecule has 3 rings (SSSR count). The Bertz CT molecular complexity index is 773. The Hall–Kier alpha value is -2.34. The molecule has 0 fully saturated rings. The quantitative estimate of drug-likeness (QED) is 0.769. The average Bonchev–Trinajstić information content (AvgIpc) is 2.46. The number of hydrogen-bond acceptors (Lipinski definition) is 4. The molecule has 1 aromatic heterocycles. The van der Waals surface area contributed by atoms with Crippen molar-refractivity contribution in [1.82, 2.24) is 15.0 Å². The first-order valence-corrected chi connectivity index (χ1v) is 6.94. The van der Waals surface area contributed by atoms with Crippen LogP contribution in [0.5, 0.6) is 0 Å². The second-order valence-electron chi connectivity index (χ2n) is 4.36. The molecule has 0 unspecified atom stereocenters. The summed E-state index contributed by atoms with van der Waals surface area (Å²) in [4.78, 5) is 12.6. The second kappa shape index (κ2) is 5.57. The largest absolute Gasteiger partial charge is 0.368 e. The van der Waals surface area contributed by atoms with Gasteiger partial charge >= 0.3 is 0 Å². The second-order valence-corrected chi connectivity index (χ2v) is 5.28. The molecule has 0 aliphatic rings. The van der Waals surface area contributed by atoms with E-state index in [0.717, 1.165) is 5.56 Å². The summed E-state index contributed by atoms with van der Waals surface area (Å²) in [6.45, 7) is 0. The molecule has 0 bridgehead atoms. The normalized spacial score (nSPS) is 10.6. The standard InChI is InChI=1S/C15H10BrFN4/c16-11-6-10(7-12(17)8-11)14-19-13(20-15(18)21-14)9-4-2-1-3-5-9/h1-8H,(H2,18,19,20,21). The molecule has 0 spiro atoms. The highest BCUT2D eigenvalue weighted by Gasteiger charge is 2.10. The molecule has 0 aliphatic heterocycles. The van der Waals surface area contributed by atoms with E-state index in [1.54, 1.807) is 6.07 Å². The average molecular weight is 345 g/mol. The van der Waals surface area contributed by atoms with Gasteiger partial charge < -0.3 is 5.73 Å². The van der Waals surface area contributed by atoms with Crippen LogP contribution < -0.4 is 5.73 Å². The predicted octanol–water partition coefficient (Wildman–Crippen LogP) is 3.69. The number of rotatable bonds is 2. The SMILES string of the molecule is Nc1nc(-c2ccccc2)nc(-c2cc(F)cc(Br)c2)n1. The third kappa shape index (κ3) is 3.05. The lowest BCUT2D eigenvalue weighted by Gasteiger charge is -2.06. The summed E-state index contributed by atoms with van der Waals surface area (Å²) in [5.41, 5.74) is 7.10. The first-order valence-electron chi connectivity index (χ1n) is 6.15. The number of anilines is 1. The number of hydrogen-bond donors (Lipinski definition) is 1. The van der Waals surface area contributed by atoms with Gasteiger partial charge in [0.05, 0.1) is 0 Å². The maximum atomic E-state index is 13.5. The van der Waals surface area contributed by atoms with E-state index in [2.05, 4.69) is 30.9 Å². The van der Waals surface area contributed by atoms with Gasteiger partial charge in [0.25, 0.3) is 0 Å². The predicted molar refractivity (Wildman–Crippen MR) is 82.8 cm³/mol. The molecular formula is C15H10BrFN4. The third-order valence-corrected chi connectivity index (χ3v) is 3.26. The molecule has 3 aromatic rings. The molecule has 1 heterocycles. The first-order chi connectivity index (χ1) is 10.1. The molecule has 6 heteroatoms. The zero-order valence-corrected chi connectivity index (χ0v) is 12.4. The van der Waals surface area contributed by atoms with Crippen LogP contribution in [0, 0.1) is 5.82 Å². The highest BCUT2D eigenvalue weighted by atomic mass is 79.9. The van der Waals surface area contributed by atoms with Gasteiger partial charge in [-0.25, -0.2) is 9.37 Å². The molecule has 2 N–H and O–H groups in total. The van der Waals surface area contributed by atoms with Crippen LogP contribution in [-0.2, 0) is 0 Å². The Morgan fingerprint density at radius 3 is 2.19 bits per heavy atom. The smallest absolute Gasteiger partial charge is 0.224 e. The molecule has 0 radical (unpaired) electrons. The Labute approximate surface area is 129 Å². The summed E-state index contributed by atoms with van der Waals surface area (Å²) in [5, 5.41) is 0. The van der Waals surface area contributed by atoms with E-state index >= 15 is 0 Å². The summed E-state index contributed by atoms with van der Waals surface area (Å²) in [7, 11) is 0. The van der Waals surface area contributed by atoms with Crippen molar-refractivity contribution in [3.63, 3.8) is 0 Å². The maximum absolute atomic E-state index is 13.5. The van der Waals surface area contributed by atoms with Crippen molar-refractivity contribution >= 4 is 21.9 Å². The Balaban J connectivity index is 2.14. The zero-order chi connectivity index (χ0) is 14.8.